The van der Waals surface area contributed by atoms with Crippen molar-refractivity contribution >= 4 is 17.6 Å². The van der Waals surface area contributed by atoms with E-state index in [1.54, 1.807) is 32.3 Å². The van der Waals surface area contributed by atoms with Crippen LogP contribution in [0.1, 0.15) is 10.4 Å². The molecule has 5 heteroatoms. The van der Waals surface area contributed by atoms with E-state index in [1.165, 1.54) is 11.0 Å². The van der Waals surface area contributed by atoms with Gasteiger partial charge in [0.25, 0.3) is 5.91 Å². The lowest BCUT2D eigenvalue weighted by atomic mass is 10.2. The molecule has 2 N–H and O–H groups in total. The van der Waals surface area contributed by atoms with Gasteiger partial charge >= 0.3 is 5.97 Å². The van der Waals surface area contributed by atoms with E-state index >= 15 is 0 Å². The Morgan fingerprint density at radius 3 is 2.62 bits per heavy atom. The molecule has 1 aromatic rings. The van der Waals surface area contributed by atoms with E-state index < -0.39 is 5.97 Å². The Hall–Kier alpha value is -2.04. The summed E-state index contributed by atoms with van der Waals surface area (Å²) in [6, 6.07) is 6.41. The van der Waals surface area contributed by atoms with Gasteiger partial charge in [-0.1, -0.05) is 6.07 Å². The molecule has 0 fully saturated rings. The molecule has 16 heavy (non-hydrogen) atoms. The first-order valence-electron chi connectivity index (χ1n) is 4.73. The van der Waals surface area contributed by atoms with E-state index in [9.17, 15) is 9.59 Å². The number of nitrogens with two attached hydrogens (primary N) is 1. The summed E-state index contributed by atoms with van der Waals surface area (Å²) >= 11 is 0. The molecule has 0 heterocycles. The first kappa shape index (κ1) is 12.0. The predicted octanol–water partition coefficient (Wildman–Crippen LogP) is 0.514. The molecule has 1 aromatic carbocycles. The molecular weight excluding hydrogens is 208 g/mol. The van der Waals surface area contributed by atoms with Gasteiger partial charge in [-0.25, -0.2) is 4.79 Å². The van der Waals surface area contributed by atoms with Crippen LogP contribution in [0.2, 0.25) is 0 Å². The van der Waals surface area contributed by atoms with Crippen molar-refractivity contribution in [2.24, 2.45) is 0 Å². The molecule has 0 unspecified atom stereocenters. The number of carbonyl (C=O) groups excluding carboxylic acids is 2. The van der Waals surface area contributed by atoms with Gasteiger partial charge in [0.05, 0.1) is 5.56 Å². The van der Waals surface area contributed by atoms with Crippen LogP contribution in [0.5, 0.6) is 0 Å². The maximum Gasteiger partial charge on any atom is 0.338 e. The fourth-order valence-corrected chi connectivity index (χ4v) is 1.01. The monoisotopic (exact) mass is 222 g/mol. The fraction of sp³-hybridized carbons (Fsp3) is 0.273. The maximum atomic E-state index is 11.5. The third kappa shape index (κ3) is 3.27. The number of hydrogen-bond acceptors (Lipinski definition) is 4. The average molecular weight is 222 g/mol. The highest BCUT2D eigenvalue weighted by molar-refractivity contribution is 5.92. The lowest BCUT2D eigenvalue weighted by molar-refractivity contribution is -0.131. The first-order valence-corrected chi connectivity index (χ1v) is 4.73. The van der Waals surface area contributed by atoms with Crippen molar-refractivity contribution in [3.05, 3.63) is 29.8 Å². The number of benzene rings is 1. The van der Waals surface area contributed by atoms with Crippen LogP contribution in [0.4, 0.5) is 5.69 Å². The smallest absolute Gasteiger partial charge is 0.338 e. The van der Waals surface area contributed by atoms with Crippen LogP contribution in [0.25, 0.3) is 0 Å². The van der Waals surface area contributed by atoms with Crippen molar-refractivity contribution in [3.63, 3.8) is 0 Å². The quantitative estimate of drug-likeness (QED) is 0.597. The number of nitrogen functional groups attached to an aromatic ring is 1. The van der Waals surface area contributed by atoms with E-state index in [0.29, 0.717) is 11.3 Å². The standard InChI is InChI=1S/C11H14N2O3/c1-13(2)10(14)7-16-11(15)8-4-3-5-9(12)6-8/h3-6H,7,12H2,1-2H3. The number of hydrogen-bond donors (Lipinski definition) is 1. The van der Waals surface area contributed by atoms with Crippen LogP contribution < -0.4 is 5.73 Å². The molecular formula is C11H14N2O3. The summed E-state index contributed by atoms with van der Waals surface area (Å²) in [7, 11) is 3.19. The molecule has 0 spiro atoms. The summed E-state index contributed by atoms with van der Waals surface area (Å²) in [6.45, 7) is -0.263. The molecule has 0 saturated carbocycles. The van der Waals surface area contributed by atoms with Crippen LogP contribution in [0.3, 0.4) is 0 Å². The highest BCUT2D eigenvalue weighted by Crippen LogP contribution is 2.07. The number of anilines is 1. The highest BCUT2D eigenvalue weighted by Gasteiger charge is 2.11. The number of ether oxygens (including phenoxy) is 1. The lowest BCUT2D eigenvalue weighted by Crippen LogP contribution is -2.27. The number of esters is 1. The molecule has 0 aliphatic rings. The molecule has 0 aromatic heterocycles. The van der Waals surface area contributed by atoms with Gasteiger partial charge in [-0.15, -0.1) is 0 Å². The average Bonchev–Trinajstić information content (AvgIpc) is 2.25. The van der Waals surface area contributed by atoms with Crippen molar-refractivity contribution in [1.29, 1.82) is 0 Å². The summed E-state index contributed by atoms with van der Waals surface area (Å²) in [5.41, 5.74) is 6.34. The molecule has 0 atom stereocenters. The van der Waals surface area contributed by atoms with Crippen molar-refractivity contribution in [1.82, 2.24) is 4.90 Å². The summed E-state index contributed by atoms with van der Waals surface area (Å²) in [6.07, 6.45) is 0. The van der Waals surface area contributed by atoms with E-state index in [1.807, 2.05) is 0 Å². The van der Waals surface area contributed by atoms with Crippen molar-refractivity contribution in [2.45, 2.75) is 0 Å². The van der Waals surface area contributed by atoms with Crippen LogP contribution in [-0.2, 0) is 9.53 Å². The van der Waals surface area contributed by atoms with Crippen molar-refractivity contribution in [2.75, 3.05) is 26.4 Å². The molecule has 86 valence electrons. The Balaban J connectivity index is 2.57. The minimum absolute atomic E-state index is 0.263. The Labute approximate surface area is 93.8 Å². The zero-order valence-electron chi connectivity index (χ0n) is 9.27. The van der Waals surface area contributed by atoms with E-state index in [2.05, 4.69) is 0 Å². The Bertz CT molecular complexity index is 402. The lowest BCUT2D eigenvalue weighted by Gasteiger charge is -2.10. The molecule has 1 rings (SSSR count). The van der Waals surface area contributed by atoms with E-state index in [4.69, 9.17) is 10.5 Å². The van der Waals surface area contributed by atoms with Gasteiger partial charge in [-0.2, -0.15) is 0 Å². The highest BCUT2D eigenvalue weighted by atomic mass is 16.5. The van der Waals surface area contributed by atoms with Gasteiger partial charge in [-0.3, -0.25) is 4.79 Å². The minimum atomic E-state index is -0.553. The van der Waals surface area contributed by atoms with Gasteiger partial charge in [0.15, 0.2) is 6.61 Å². The summed E-state index contributed by atoms with van der Waals surface area (Å²) in [4.78, 5) is 24.0. The Kier molecular flexibility index (Phi) is 3.88. The van der Waals surface area contributed by atoms with Crippen LogP contribution in [0.15, 0.2) is 24.3 Å². The number of rotatable bonds is 3. The number of likely N-dealkylation sites (N-methyl/N-ethyl adjacent to an activating group) is 1. The van der Waals surface area contributed by atoms with Gasteiger partial charge in [-0.05, 0) is 18.2 Å². The molecule has 1 amide bonds. The summed E-state index contributed by atoms with van der Waals surface area (Å²) in [5, 5.41) is 0. The predicted molar refractivity (Wildman–Crippen MR) is 59.8 cm³/mol. The summed E-state index contributed by atoms with van der Waals surface area (Å²) in [5.74, 6) is -0.820. The topological polar surface area (TPSA) is 72.6 Å². The van der Waals surface area contributed by atoms with Crippen LogP contribution in [0, 0.1) is 0 Å². The number of carbonyl (C=O) groups is 2. The number of nitrogens with zero attached hydrogens (tertiary/aromatic N) is 1. The fourth-order valence-electron chi connectivity index (χ4n) is 1.01. The zero-order chi connectivity index (χ0) is 12.1. The first-order chi connectivity index (χ1) is 7.50. The molecule has 5 nitrogen and oxygen atoms in total. The molecule has 0 saturated heterocycles. The molecule has 0 radical (unpaired) electrons. The second kappa shape index (κ2) is 5.16. The van der Waals surface area contributed by atoms with Gasteiger partial charge < -0.3 is 15.4 Å². The summed E-state index contributed by atoms with van der Waals surface area (Å²) < 4.78 is 4.82. The van der Waals surface area contributed by atoms with E-state index in [0.717, 1.165) is 0 Å². The number of amides is 1. The zero-order valence-corrected chi connectivity index (χ0v) is 9.27. The van der Waals surface area contributed by atoms with Crippen molar-refractivity contribution in [3.8, 4) is 0 Å². The largest absolute Gasteiger partial charge is 0.452 e. The minimum Gasteiger partial charge on any atom is -0.452 e. The normalized spacial score (nSPS) is 9.62. The second-order valence-electron chi connectivity index (χ2n) is 3.49. The van der Waals surface area contributed by atoms with Gasteiger partial charge in [0.1, 0.15) is 0 Å². The SMILES string of the molecule is CN(C)C(=O)COC(=O)c1cccc(N)c1. The molecule has 0 aliphatic carbocycles. The third-order valence-corrected chi connectivity index (χ3v) is 1.95. The molecule has 0 bridgehead atoms. The van der Waals surface area contributed by atoms with Crippen LogP contribution >= 0.6 is 0 Å². The van der Waals surface area contributed by atoms with E-state index in [-0.39, 0.29) is 12.5 Å². The molecule has 0 aliphatic heterocycles. The third-order valence-electron chi connectivity index (χ3n) is 1.95. The van der Waals surface area contributed by atoms with Crippen molar-refractivity contribution < 1.29 is 14.3 Å². The van der Waals surface area contributed by atoms with Gasteiger partial charge in [0.2, 0.25) is 0 Å². The van der Waals surface area contributed by atoms with Gasteiger partial charge in [0, 0.05) is 19.8 Å². The van der Waals surface area contributed by atoms with Crippen LogP contribution in [-0.4, -0.2) is 37.5 Å². The Morgan fingerprint density at radius 1 is 1.38 bits per heavy atom. The second-order valence-corrected chi connectivity index (χ2v) is 3.49. The maximum absolute atomic E-state index is 11.5. The Morgan fingerprint density at radius 2 is 2.06 bits per heavy atom.